The molecule has 0 aliphatic carbocycles. The number of rotatable bonds is 1. The molecule has 0 radical (unpaired) electrons. The van der Waals surface area contributed by atoms with Crippen molar-refractivity contribution in [1.29, 1.82) is 5.26 Å². The maximum absolute atomic E-state index is 12.8. The first-order chi connectivity index (χ1) is 6.15. The van der Waals surface area contributed by atoms with Crippen molar-refractivity contribution in [3.8, 4) is 11.8 Å². The lowest BCUT2D eigenvalue weighted by Gasteiger charge is -2.00. The molecule has 0 saturated carbocycles. The highest BCUT2D eigenvalue weighted by molar-refractivity contribution is 6.30. The fourth-order valence-electron chi connectivity index (χ4n) is 0.840. The topological polar surface area (TPSA) is 44.0 Å². The van der Waals surface area contributed by atoms with Gasteiger partial charge >= 0.3 is 0 Å². The van der Waals surface area contributed by atoms with E-state index in [2.05, 4.69) is 0 Å². The van der Waals surface area contributed by atoms with Crippen LogP contribution in [0.2, 0.25) is 5.02 Å². The molecule has 1 N–H and O–H groups in total. The molecule has 1 aromatic carbocycles. The quantitative estimate of drug-likeness (QED) is 0.704. The minimum absolute atomic E-state index is 0.174. The van der Waals surface area contributed by atoms with E-state index in [0.29, 0.717) is 0 Å². The molecule has 0 fully saturated rings. The molecule has 0 aliphatic heterocycles. The Morgan fingerprint density at radius 2 is 2.23 bits per heavy atom. The second-order valence-corrected chi connectivity index (χ2v) is 2.72. The summed E-state index contributed by atoms with van der Waals surface area (Å²) in [6, 6.07) is 4.09. The van der Waals surface area contributed by atoms with E-state index in [1.807, 2.05) is 0 Å². The molecule has 13 heavy (non-hydrogen) atoms. The Kier molecular flexibility index (Phi) is 2.88. The first-order valence-corrected chi connectivity index (χ1v) is 3.77. The molecule has 66 valence electrons. The van der Waals surface area contributed by atoms with Crippen molar-refractivity contribution in [2.24, 2.45) is 0 Å². The standard InChI is InChI=1S/C9H5ClFNO/c10-7-4-6(2-1-3-12)9(13)8(11)5-7/h1-2,4-5,13H. The smallest absolute Gasteiger partial charge is 0.166 e. The Balaban J connectivity index is 3.22. The fraction of sp³-hybridized carbons (Fsp3) is 0. The van der Waals surface area contributed by atoms with Crippen LogP contribution in [0.3, 0.4) is 0 Å². The van der Waals surface area contributed by atoms with E-state index in [1.165, 1.54) is 12.1 Å². The molecule has 0 amide bonds. The van der Waals surface area contributed by atoms with Crippen LogP contribution in [0.25, 0.3) is 6.08 Å². The Bertz CT molecular complexity index is 395. The number of hydrogen-bond donors (Lipinski definition) is 1. The molecule has 0 heterocycles. The number of nitriles is 1. The Labute approximate surface area is 79.5 Å². The predicted molar refractivity (Wildman–Crippen MR) is 47.7 cm³/mol. The van der Waals surface area contributed by atoms with Crippen LogP contribution < -0.4 is 0 Å². The molecule has 0 saturated heterocycles. The maximum atomic E-state index is 12.8. The summed E-state index contributed by atoms with van der Waals surface area (Å²) in [5.41, 5.74) is 0.187. The number of allylic oxidation sites excluding steroid dienone is 1. The Morgan fingerprint density at radius 1 is 1.54 bits per heavy atom. The number of phenols is 1. The van der Waals surface area contributed by atoms with Gasteiger partial charge in [0.15, 0.2) is 11.6 Å². The molecular weight excluding hydrogens is 193 g/mol. The van der Waals surface area contributed by atoms with Gasteiger partial charge in [0.25, 0.3) is 0 Å². The van der Waals surface area contributed by atoms with Gasteiger partial charge in [0.2, 0.25) is 0 Å². The van der Waals surface area contributed by atoms with Crippen LogP contribution in [-0.4, -0.2) is 5.11 Å². The summed E-state index contributed by atoms with van der Waals surface area (Å²) in [6.45, 7) is 0. The average molecular weight is 198 g/mol. The molecule has 1 aromatic rings. The summed E-state index contributed by atoms with van der Waals surface area (Å²) < 4.78 is 12.8. The van der Waals surface area contributed by atoms with Gasteiger partial charge in [0.05, 0.1) is 6.07 Å². The predicted octanol–water partition coefficient (Wildman–Crippen LogP) is 2.72. The van der Waals surface area contributed by atoms with Crippen LogP contribution in [0.1, 0.15) is 5.56 Å². The van der Waals surface area contributed by atoms with E-state index in [-0.39, 0.29) is 10.6 Å². The number of nitrogens with zero attached hydrogens (tertiary/aromatic N) is 1. The van der Waals surface area contributed by atoms with Gasteiger partial charge < -0.3 is 5.11 Å². The molecular formula is C9H5ClFNO. The van der Waals surface area contributed by atoms with Crippen LogP contribution in [0.15, 0.2) is 18.2 Å². The molecule has 0 bridgehead atoms. The van der Waals surface area contributed by atoms with Crippen LogP contribution in [0.5, 0.6) is 5.75 Å². The lowest BCUT2D eigenvalue weighted by molar-refractivity contribution is 0.431. The van der Waals surface area contributed by atoms with Crippen LogP contribution in [0, 0.1) is 17.1 Å². The SMILES string of the molecule is N#CC=Cc1cc(Cl)cc(F)c1O. The number of phenolic OH excluding ortho intramolecular Hbond substituents is 1. The van der Waals surface area contributed by atoms with E-state index in [1.54, 1.807) is 6.07 Å². The van der Waals surface area contributed by atoms with E-state index in [4.69, 9.17) is 22.0 Å². The number of halogens is 2. The second kappa shape index (κ2) is 3.92. The van der Waals surface area contributed by atoms with Gasteiger partial charge in [-0.15, -0.1) is 0 Å². The fourth-order valence-corrected chi connectivity index (χ4v) is 1.05. The molecule has 0 spiro atoms. The van der Waals surface area contributed by atoms with Crippen molar-refractivity contribution < 1.29 is 9.50 Å². The van der Waals surface area contributed by atoms with E-state index in [9.17, 15) is 4.39 Å². The summed E-state index contributed by atoms with van der Waals surface area (Å²) in [7, 11) is 0. The molecule has 0 aliphatic rings. The first kappa shape index (κ1) is 9.56. The van der Waals surface area contributed by atoms with Gasteiger partial charge in [-0.1, -0.05) is 11.6 Å². The summed E-state index contributed by atoms with van der Waals surface area (Å²) >= 11 is 5.53. The average Bonchev–Trinajstić information content (AvgIpc) is 2.09. The summed E-state index contributed by atoms with van der Waals surface area (Å²) in [6.07, 6.45) is 2.41. The van der Waals surface area contributed by atoms with Crippen molar-refractivity contribution in [3.63, 3.8) is 0 Å². The molecule has 0 unspecified atom stereocenters. The zero-order valence-corrected chi connectivity index (χ0v) is 7.22. The van der Waals surface area contributed by atoms with Crippen LogP contribution in [-0.2, 0) is 0 Å². The maximum Gasteiger partial charge on any atom is 0.166 e. The highest BCUT2D eigenvalue weighted by Gasteiger charge is 2.05. The third-order valence-electron chi connectivity index (χ3n) is 1.40. The highest BCUT2D eigenvalue weighted by Crippen LogP contribution is 2.26. The number of hydrogen-bond acceptors (Lipinski definition) is 2. The minimum atomic E-state index is -0.801. The molecule has 1 rings (SSSR count). The largest absolute Gasteiger partial charge is 0.504 e. The van der Waals surface area contributed by atoms with E-state index in [0.717, 1.165) is 12.1 Å². The summed E-state index contributed by atoms with van der Waals surface area (Å²) in [4.78, 5) is 0. The normalized spacial score (nSPS) is 10.2. The van der Waals surface area contributed by atoms with Gasteiger partial charge in [-0.3, -0.25) is 0 Å². The summed E-state index contributed by atoms with van der Waals surface area (Å²) in [5, 5.41) is 17.5. The Hall–Kier alpha value is -1.53. The third-order valence-corrected chi connectivity index (χ3v) is 1.61. The molecule has 4 heteroatoms. The van der Waals surface area contributed by atoms with Crippen molar-refractivity contribution in [3.05, 3.63) is 34.6 Å². The third kappa shape index (κ3) is 2.20. The van der Waals surface area contributed by atoms with Gasteiger partial charge in [-0.05, 0) is 18.2 Å². The van der Waals surface area contributed by atoms with Crippen LogP contribution in [0.4, 0.5) is 4.39 Å². The first-order valence-electron chi connectivity index (χ1n) is 3.39. The lowest BCUT2D eigenvalue weighted by Crippen LogP contribution is -1.81. The van der Waals surface area contributed by atoms with Crippen molar-refractivity contribution in [1.82, 2.24) is 0 Å². The van der Waals surface area contributed by atoms with Crippen LogP contribution >= 0.6 is 11.6 Å². The van der Waals surface area contributed by atoms with E-state index >= 15 is 0 Å². The number of aromatic hydroxyl groups is 1. The van der Waals surface area contributed by atoms with Gasteiger partial charge in [0.1, 0.15) is 0 Å². The zero-order chi connectivity index (χ0) is 9.84. The van der Waals surface area contributed by atoms with E-state index < -0.39 is 11.6 Å². The molecule has 0 aromatic heterocycles. The van der Waals surface area contributed by atoms with Gasteiger partial charge in [0, 0.05) is 16.7 Å². The zero-order valence-electron chi connectivity index (χ0n) is 6.46. The summed E-state index contributed by atoms with van der Waals surface area (Å²) in [5.74, 6) is -1.30. The monoisotopic (exact) mass is 197 g/mol. The van der Waals surface area contributed by atoms with Gasteiger partial charge in [-0.25, -0.2) is 4.39 Å². The Morgan fingerprint density at radius 3 is 2.85 bits per heavy atom. The highest BCUT2D eigenvalue weighted by atomic mass is 35.5. The minimum Gasteiger partial charge on any atom is -0.504 e. The van der Waals surface area contributed by atoms with Crippen molar-refractivity contribution in [2.45, 2.75) is 0 Å². The second-order valence-electron chi connectivity index (χ2n) is 2.29. The molecule has 2 nitrogen and oxygen atoms in total. The van der Waals surface area contributed by atoms with Crippen molar-refractivity contribution in [2.75, 3.05) is 0 Å². The van der Waals surface area contributed by atoms with Gasteiger partial charge in [-0.2, -0.15) is 5.26 Å². The van der Waals surface area contributed by atoms with Crippen molar-refractivity contribution >= 4 is 17.7 Å². The molecule has 0 atom stereocenters. The number of benzene rings is 1. The lowest BCUT2D eigenvalue weighted by atomic mass is 10.2.